The molecule has 0 aliphatic rings. The van der Waals surface area contributed by atoms with Crippen LogP contribution in [0.25, 0.3) is 0 Å². The van der Waals surface area contributed by atoms with Gasteiger partial charge >= 0.3 is 0 Å². The van der Waals surface area contributed by atoms with E-state index in [-0.39, 0.29) is 16.7 Å². The second-order valence-electron chi connectivity index (χ2n) is 4.80. The van der Waals surface area contributed by atoms with Crippen molar-refractivity contribution in [1.29, 1.82) is 0 Å². The van der Waals surface area contributed by atoms with Gasteiger partial charge in [-0.05, 0) is 12.0 Å². The van der Waals surface area contributed by atoms with Gasteiger partial charge in [0.1, 0.15) is 0 Å². The maximum atomic E-state index is 10.9. The first kappa shape index (κ1) is 15.1. The van der Waals surface area contributed by atoms with Gasteiger partial charge in [-0.1, -0.05) is 30.6 Å². The first-order chi connectivity index (χ1) is 10.1. The molecule has 21 heavy (non-hydrogen) atoms. The highest BCUT2D eigenvalue weighted by molar-refractivity contribution is 5.35. The SMILES string of the molecule is CCCC(NCc1noc(C)n1)c1cccc([N+](=O)[O-])c1. The minimum Gasteiger partial charge on any atom is -0.340 e. The minimum atomic E-state index is -0.380. The van der Waals surface area contributed by atoms with Crippen LogP contribution in [0.2, 0.25) is 0 Å². The van der Waals surface area contributed by atoms with E-state index >= 15 is 0 Å². The van der Waals surface area contributed by atoms with Crippen LogP contribution in [0.5, 0.6) is 0 Å². The number of nitro groups is 1. The molecular weight excluding hydrogens is 272 g/mol. The molecule has 1 aromatic carbocycles. The Bertz CT molecular complexity index is 612. The summed E-state index contributed by atoms with van der Waals surface area (Å²) in [4.78, 5) is 14.6. The van der Waals surface area contributed by atoms with Crippen molar-refractivity contribution in [2.45, 2.75) is 39.3 Å². The van der Waals surface area contributed by atoms with Gasteiger partial charge in [0.2, 0.25) is 5.89 Å². The maximum absolute atomic E-state index is 10.9. The summed E-state index contributed by atoms with van der Waals surface area (Å²) < 4.78 is 4.92. The number of hydrogen-bond acceptors (Lipinski definition) is 6. The third-order valence-electron chi connectivity index (χ3n) is 3.14. The average molecular weight is 290 g/mol. The first-order valence-electron chi connectivity index (χ1n) is 6.87. The average Bonchev–Trinajstić information content (AvgIpc) is 2.89. The summed E-state index contributed by atoms with van der Waals surface area (Å²) >= 11 is 0. The Balaban J connectivity index is 2.10. The van der Waals surface area contributed by atoms with E-state index in [4.69, 9.17) is 4.52 Å². The molecule has 2 aromatic rings. The van der Waals surface area contributed by atoms with Gasteiger partial charge in [0.05, 0.1) is 11.5 Å². The summed E-state index contributed by atoms with van der Waals surface area (Å²) in [6.07, 6.45) is 1.84. The van der Waals surface area contributed by atoms with E-state index in [0.717, 1.165) is 18.4 Å². The van der Waals surface area contributed by atoms with Crippen molar-refractivity contribution >= 4 is 5.69 Å². The van der Waals surface area contributed by atoms with Gasteiger partial charge in [0, 0.05) is 25.1 Å². The Hall–Kier alpha value is -2.28. The molecule has 0 amide bonds. The number of nitro benzene ring substituents is 1. The van der Waals surface area contributed by atoms with E-state index in [0.29, 0.717) is 18.3 Å². The number of nitrogens with one attached hydrogen (secondary N) is 1. The van der Waals surface area contributed by atoms with Gasteiger partial charge in [-0.25, -0.2) is 0 Å². The molecule has 0 aliphatic heterocycles. The third kappa shape index (κ3) is 4.09. The summed E-state index contributed by atoms with van der Waals surface area (Å²) in [5.41, 5.74) is 0.997. The molecule has 7 nitrogen and oxygen atoms in total. The number of hydrogen-bond donors (Lipinski definition) is 1. The molecule has 1 atom stereocenters. The van der Waals surface area contributed by atoms with E-state index in [1.165, 1.54) is 6.07 Å². The fraction of sp³-hybridized carbons (Fsp3) is 0.429. The second-order valence-corrected chi connectivity index (χ2v) is 4.80. The molecule has 1 N–H and O–H groups in total. The van der Waals surface area contributed by atoms with Crippen molar-refractivity contribution in [1.82, 2.24) is 15.5 Å². The summed E-state index contributed by atoms with van der Waals surface area (Å²) in [6, 6.07) is 6.72. The fourth-order valence-electron chi connectivity index (χ4n) is 2.16. The highest BCUT2D eigenvalue weighted by atomic mass is 16.6. The van der Waals surface area contributed by atoms with Crippen LogP contribution in [0.4, 0.5) is 5.69 Å². The lowest BCUT2D eigenvalue weighted by Crippen LogP contribution is -2.21. The number of nitrogens with zero attached hydrogens (tertiary/aromatic N) is 3. The predicted molar refractivity (Wildman–Crippen MR) is 76.6 cm³/mol. The van der Waals surface area contributed by atoms with Crippen LogP contribution in [0, 0.1) is 17.0 Å². The Morgan fingerprint density at radius 2 is 2.29 bits per heavy atom. The Labute approximate surface area is 122 Å². The lowest BCUT2D eigenvalue weighted by Gasteiger charge is -2.17. The van der Waals surface area contributed by atoms with Crippen LogP contribution in [-0.2, 0) is 6.54 Å². The van der Waals surface area contributed by atoms with Gasteiger partial charge in [-0.15, -0.1) is 0 Å². The molecule has 7 heteroatoms. The Morgan fingerprint density at radius 1 is 1.48 bits per heavy atom. The van der Waals surface area contributed by atoms with Crippen LogP contribution in [0.1, 0.15) is 43.1 Å². The van der Waals surface area contributed by atoms with Crippen LogP contribution >= 0.6 is 0 Å². The van der Waals surface area contributed by atoms with Gasteiger partial charge in [0.15, 0.2) is 5.82 Å². The van der Waals surface area contributed by atoms with E-state index in [2.05, 4.69) is 22.4 Å². The van der Waals surface area contributed by atoms with Crippen molar-refractivity contribution in [3.8, 4) is 0 Å². The Morgan fingerprint density at radius 3 is 2.90 bits per heavy atom. The van der Waals surface area contributed by atoms with Gasteiger partial charge in [0.25, 0.3) is 5.69 Å². The number of aromatic nitrogens is 2. The molecule has 1 aromatic heterocycles. The molecule has 1 unspecified atom stereocenters. The van der Waals surface area contributed by atoms with E-state index < -0.39 is 0 Å². The van der Waals surface area contributed by atoms with Gasteiger partial charge in [-0.2, -0.15) is 4.98 Å². The quantitative estimate of drug-likeness (QED) is 0.622. The topological polar surface area (TPSA) is 94.1 Å². The number of aryl methyl sites for hydroxylation is 1. The summed E-state index contributed by atoms with van der Waals surface area (Å²) in [5.74, 6) is 1.10. The fourth-order valence-corrected chi connectivity index (χ4v) is 2.16. The minimum absolute atomic E-state index is 0.0220. The van der Waals surface area contributed by atoms with Crippen molar-refractivity contribution in [2.24, 2.45) is 0 Å². The zero-order valence-electron chi connectivity index (χ0n) is 12.1. The summed E-state index contributed by atoms with van der Waals surface area (Å²) in [7, 11) is 0. The smallest absolute Gasteiger partial charge is 0.269 e. The molecule has 0 saturated carbocycles. The highest BCUT2D eigenvalue weighted by Crippen LogP contribution is 2.23. The molecule has 0 saturated heterocycles. The number of benzene rings is 1. The summed E-state index contributed by atoms with van der Waals surface area (Å²) in [5, 5.41) is 18.0. The Kier molecular flexibility index (Phi) is 4.99. The lowest BCUT2D eigenvalue weighted by molar-refractivity contribution is -0.384. The molecular formula is C14H18N4O3. The number of non-ortho nitro benzene ring substituents is 1. The molecule has 2 rings (SSSR count). The standard InChI is InChI=1S/C14H18N4O3/c1-3-5-13(15-9-14-16-10(2)21-17-14)11-6-4-7-12(8-11)18(19)20/h4,6-8,13,15H,3,5,9H2,1-2H3. The van der Waals surface area contributed by atoms with Crippen molar-refractivity contribution in [3.63, 3.8) is 0 Å². The van der Waals surface area contributed by atoms with Crippen LogP contribution in [0.15, 0.2) is 28.8 Å². The van der Waals surface area contributed by atoms with Crippen molar-refractivity contribution in [3.05, 3.63) is 51.7 Å². The normalized spacial score (nSPS) is 12.3. The van der Waals surface area contributed by atoms with E-state index in [9.17, 15) is 10.1 Å². The van der Waals surface area contributed by atoms with Crippen molar-refractivity contribution < 1.29 is 9.45 Å². The van der Waals surface area contributed by atoms with Crippen LogP contribution < -0.4 is 5.32 Å². The maximum Gasteiger partial charge on any atom is 0.269 e. The molecule has 112 valence electrons. The molecule has 0 aliphatic carbocycles. The van der Waals surface area contributed by atoms with Gasteiger partial charge in [-0.3, -0.25) is 10.1 Å². The summed E-state index contributed by atoms with van der Waals surface area (Å²) in [6.45, 7) is 4.27. The van der Waals surface area contributed by atoms with E-state index in [1.54, 1.807) is 19.1 Å². The molecule has 0 radical (unpaired) electrons. The zero-order chi connectivity index (χ0) is 15.2. The van der Waals surface area contributed by atoms with Gasteiger partial charge < -0.3 is 9.84 Å². The van der Waals surface area contributed by atoms with Crippen LogP contribution in [-0.4, -0.2) is 15.1 Å². The first-order valence-corrected chi connectivity index (χ1v) is 6.87. The number of rotatable bonds is 7. The molecule has 0 spiro atoms. The van der Waals surface area contributed by atoms with Crippen molar-refractivity contribution in [2.75, 3.05) is 0 Å². The third-order valence-corrected chi connectivity index (χ3v) is 3.14. The molecule has 0 bridgehead atoms. The monoisotopic (exact) mass is 290 g/mol. The van der Waals surface area contributed by atoms with E-state index in [1.807, 2.05) is 6.07 Å². The molecule has 1 heterocycles. The second kappa shape index (κ2) is 6.94. The van der Waals surface area contributed by atoms with Crippen LogP contribution in [0.3, 0.4) is 0 Å². The lowest BCUT2D eigenvalue weighted by atomic mass is 10.0. The largest absolute Gasteiger partial charge is 0.340 e. The zero-order valence-corrected chi connectivity index (χ0v) is 12.1. The predicted octanol–water partition coefficient (Wildman–Crippen LogP) is 2.92. The molecule has 0 fully saturated rings. The highest BCUT2D eigenvalue weighted by Gasteiger charge is 2.15.